The van der Waals surface area contributed by atoms with Gasteiger partial charge in [0.15, 0.2) is 0 Å². The third kappa shape index (κ3) is 4.05. The van der Waals surface area contributed by atoms with Crippen molar-refractivity contribution in [3.8, 4) is 0 Å². The van der Waals surface area contributed by atoms with Crippen LogP contribution >= 0.6 is 0 Å². The molecule has 1 N–H and O–H groups in total. The Morgan fingerprint density at radius 3 is 2.64 bits per heavy atom. The average Bonchev–Trinajstić information content (AvgIpc) is 2.61. The Hall–Kier alpha value is -1.93. The molecule has 0 unspecified atom stereocenters. The maximum absolute atomic E-state index is 4.28. The molecule has 0 saturated heterocycles. The summed E-state index contributed by atoms with van der Waals surface area (Å²) in [5, 5.41) is 3.63. The number of aromatic nitrogens is 1. The van der Waals surface area contributed by atoms with Crippen molar-refractivity contribution in [3.63, 3.8) is 0 Å². The summed E-state index contributed by atoms with van der Waals surface area (Å²) in [7, 11) is 0. The van der Waals surface area contributed by atoms with Crippen molar-refractivity contribution in [2.75, 3.05) is 13.1 Å². The van der Waals surface area contributed by atoms with E-state index in [9.17, 15) is 0 Å². The van der Waals surface area contributed by atoms with Crippen LogP contribution in [0.1, 0.15) is 36.8 Å². The van der Waals surface area contributed by atoms with E-state index in [-0.39, 0.29) is 0 Å². The molecule has 3 rings (SSSR count). The summed E-state index contributed by atoms with van der Waals surface area (Å²) < 4.78 is 0. The van der Waals surface area contributed by atoms with E-state index in [1.54, 1.807) is 5.57 Å². The highest BCUT2D eigenvalue weighted by molar-refractivity contribution is 5.69. The lowest BCUT2D eigenvalue weighted by molar-refractivity contribution is 0.656. The van der Waals surface area contributed by atoms with Gasteiger partial charge in [-0.25, -0.2) is 0 Å². The van der Waals surface area contributed by atoms with Gasteiger partial charge in [-0.3, -0.25) is 4.98 Å². The quantitative estimate of drug-likeness (QED) is 0.805. The van der Waals surface area contributed by atoms with E-state index in [4.69, 9.17) is 0 Å². The number of allylic oxidation sites excluding steroid dienone is 1. The minimum atomic E-state index is 1.01. The third-order valence-electron chi connectivity index (χ3n) is 4.36. The SMILES string of the molecule is c1ccc(CCNCC2=C(c3cccnc3)CCCC2)cc1. The van der Waals surface area contributed by atoms with E-state index in [1.165, 1.54) is 42.4 Å². The van der Waals surface area contributed by atoms with E-state index in [0.717, 1.165) is 19.5 Å². The van der Waals surface area contributed by atoms with Crippen LogP contribution in [-0.4, -0.2) is 18.1 Å². The zero-order chi connectivity index (χ0) is 15.0. The second kappa shape index (κ2) is 7.90. The van der Waals surface area contributed by atoms with Crippen molar-refractivity contribution >= 4 is 5.57 Å². The van der Waals surface area contributed by atoms with Gasteiger partial charge >= 0.3 is 0 Å². The highest BCUT2D eigenvalue weighted by Gasteiger charge is 2.14. The molecular formula is C20H24N2. The maximum atomic E-state index is 4.28. The number of pyridine rings is 1. The van der Waals surface area contributed by atoms with Crippen LogP contribution in [0.4, 0.5) is 0 Å². The molecule has 0 aliphatic heterocycles. The van der Waals surface area contributed by atoms with E-state index in [2.05, 4.69) is 46.7 Å². The lowest BCUT2D eigenvalue weighted by Crippen LogP contribution is -2.21. The Balaban J connectivity index is 1.58. The minimum Gasteiger partial charge on any atom is -0.313 e. The van der Waals surface area contributed by atoms with Gasteiger partial charge in [0, 0.05) is 18.9 Å². The molecule has 2 heteroatoms. The molecule has 1 aliphatic rings. The van der Waals surface area contributed by atoms with Crippen molar-refractivity contribution in [1.82, 2.24) is 10.3 Å². The fourth-order valence-electron chi connectivity index (χ4n) is 3.17. The zero-order valence-electron chi connectivity index (χ0n) is 13.1. The lowest BCUT2D eigenvalue weighted by Gasteiger charge is -2.21. The van der Waals surface area contributed by atoms with Crippen LogP contribution in [0, 0.1) is 0 Å². The zero-order valence-corrected chi connectivity index (χ0v) is 13.1. The van der Waals surface area contributed by atoms with Crippen LogP contribution in [0.3, 0.4) is 0 Å². The molecule has 114 valence electrons. The molecule has 1 aromatic carbocycles. The molecule has 0 radical (unpaired) electrons. The van der Waals surface area contributed by atoms with Crippen LogP contribution in [0.15, 0.2) is 60.4 Å². The highest BCUT2D eigenvalue weighted by atomic mass is 14.8. The fourth-order valence-corrected chi connectivity index (χ4v) is 3.17. The first-order chi connectivity index (χ1) is 10.9. The molecular weight excluding hydrogens is 268 g/mol. The maximum Gasteiger partial charge on any atom is 0.0343 e. The van der Waals surface area contributed by atoms with E-state index in [0.29, 0.717) is 0 Å². The monoisotopic (exact) mass is 292 g/mol. The molecule has 0 fully saturated rings. The molecule has 0 saturated carbocycles. The van der Waals surface area contributed by atoms with Gasteiger partial charge in [-0.1, -0.05) is 42.0 Å². The second-order valence-corrected chi connectivity index (χ2v) is 5.94. The normalized spacial score (nSPS) is 15.1. The summed E-state index contributed by atoms with van der Waals surface area (Å²) in [5.41, 5.74) is 5.81. The van der Waals surface area contributed by atoms with Gasteiger partial charge in [0.25, 0.3) is 0 Å². The summed E-state index contributed by atoms with van der Waals surface area (Å²) in [6, 6.07) is 14.9. The van der Waals surface area contributed by atoms with Crippen LogP contribution in [0.25, 0.3) is 5.57 Å². The highest BCUT2D eigenvalue weighted by Crippen LogP contribution is 2.31. The predicted octanol–water partition coefficient (Wildman–Crippen LogP) is 4.24. The molecule has 1 aliphatic carbocycles. The van der Waals surface area contributed by atoms with Crippen molar-refractivity contribution in [1.29, 1.82) is 0 Å². The van der Waals surface area contributed by atoms with Crippen LogP contribution in [-0.2, 0) is 6.42 Å². The molecule has 22 heavy (non-hydrogen) atoms. The van der Waals surface area contributed by atoms with E-state index in [1.807, 2.05) is 18.5 Å². The Bertz CT molecular complexity index is 602. The Morgan fingerprint density at radius 1 is 0.955 bits per heavy atom. The smallest absolute Gasteiger partial charge is 0.0343 e. The van der Waals surface area contributed by atoms with Crippen molar-refractivity contribution < 1.29 is 0 Å². The standard InChI is InChI=1S/C20H24N2/c1-2-7-17(8-3-1)12-14-22-16-18-9-4-5-11-20(18)19-10-6-13-21-15-19/h1-3,6-8,10,13,15,22H,4-5,9,11-12,14,16H2. The van der Waals surface area contributed by atoms with Crippen molar-refractivity contribution in [2.24, 2.45) is 0 Å². The first-order valence-corrected chi connectivity index (χ1v) is 8.29. The largest absolute Gasteiger partial charge is 0.313 e. The van der Waals surface area contributed by atoms with Gasteiger partial charge in [0.2, 0.25) is 0 Å². The summed E-state index contributed by atoms with van der Waals surface area (Å²) in [4.78, 5) is 4.28. The molecule has 0 atom stereocenters. The van der Waals surface area contributed by atoms with E-state index < -0.39 is 0 Å². The van der Waals surface area contributed by atoms with Crippen LogP contribution in [0.5, 0.6) is 0 Å². The summed E-state index contributed by atoms with van der Waals surface area (Å²) in [6.45, 7) is 2.05. The lowest BCUT2D eigenvalue weighted by atomic mass is 9.88. The topological polar surface area (TPSA) is 24.9 Å². The molecule has 2 nitrogen and oxygen atoms in total. The average molecular weight is 292 g/mol. The van der Waals surface area contributed by atoms with Gasteiger partial charge < -0.3 is 5.32 Å². The molecule has 1 heterocycles. The van der Waals surface area contributed by atoms with Gasteiger partial charge in [-0.05, 0) is 61.4 Å². The number of hydrogen-bond acceptors (Lipinski definition) is 2. The number of hydrogen-bond donors (Lipinski definition) is 1. The number of nitrogens with zero attached hydrogens (tertiary/aromatic N) is 1. The van der Waals surface area contributed by atoms with Gasteiger partial charge in [0.1, 0.15) is 0 Å². The molecule has 1 aromatic heterocycles. The predicted molar refractivity (Wildman–Crippen MR) is 92.6 cm³/mol. The molecule has 0 bridgehead atoms. The first kappa shape index (κ1) is 15.0. The van der Waals surface area contributed by atoms with Crippen molar-refractivity contribution in [2.45, 2.75) is 32.1 Å². The Morgan fingerprint density at radius 2 is 1.82 bits per heavy atom. The first-order valence-electron chi connectivity index (χ1n) is 8.29. The fraction of sp³-hybridized carbons (Fsp3) is 0.350. The number of benzene rings is 1. The molecule has 2 aromatic rings. The summed E-state index contributed by atoms with van der Waals surface area (Å²) in [6.07, 6.45) is 9.99. The summed E-state index contributed by atoms with van der Waals surface area (Å²) in [5.74, 6) is 0. The van der Waals surface area contributed by atoms with Gasteiger partial charge in [-0.2, -0.15) is 0 Å². The number of rotatable bonds is 6. The third-order valence-corrected chi connectivity index (χ3v) is 4.36. The van der Waals surface area contributed by atoms with Crippen molar-refractivity contribution in [3.05, 3.63) is 71.6 Å². The second-order valence-electron chi connectivity index (χ2n) is 5.94. The van der Waals surface area contributed by atoms with Gasteiger partial charge in [0.05, 0.1) is 0 Å². The number of nitrogens with one attached hydrogen (secondary N) is 1. The molecule has 0 amide bonds. The minimum absolute atomic E-state index is 1.01. The van der Waals surface area contributed by atoms with E-state index >= 15 is 0 Å². The Kier molecular flexibility index (Phi) is 5.38. The molecule has 0 spiro atoms. The summed E-state index contributed by atoms with van der Waals surface area (Å²) >= 11 is 0. The Labute approximate surface area is 133 Å². The van der Waals surface area contributed by atoms with Crippen LogP contribution < -0.4 is 5.32 Å². The van der Waals surface area contributed by atoms with Gasteiger partial charge in [-0.15, -0.1) is 0 Å². The van der Waals surface area contributed by atoms with Crippen LogP contribution in [0.2, 0.25) is 0 Å².